The van der Waals surface area contributed by atoms with Crippen LogP contribution >= 0.6 is 0 Å². The second-order valence-electron chi connectivity index (χ2n) is 3.20. The quantitative estimate of drug-likeness (QED) is 0.482. The molecule has 13 heavy (non-hydrogen) atoms. The van der Waals surface area contributed by atoms with Gasteiger partial charge >= 0.3 is 6.03 Å². The molecule has 0 unspecified atom stereocenters. The summed E-state index contributed by atoms with van der Waals surface area (Å²) in [4.78, 5) is 13.3. The number of urea groups is 1. The first-order valence-electron chi connectivity index (χ1n) is 4.27. The van der Waals surface area contributed by atoms with Gasteiger partial charge in [0.05, 0.1) is 6.67 Å². The maximum Gasteiger partial charge on any atom is 0.422 e. The van der Waals surface area contributed by atoms with Crippen molar-refractivity contribution >= 4 is 6.03 Å². The fourth-order valence-corrected chi connectivity index (χ4v) is 1.32. The average Bonchev–Trinajstić information content (AvgIpc) is 2.19. The van der Waals surface area contributed by atoms with Gasteiger partial charge in [0.15, 0.2) is 13.5 Å². The number of carbonyl (C=O) groups excluding carboxylic acids is 1. The van der Waals surface area contributed by atoms with Crippen molar-refractivity contribution in [3.8, 4) is 0 Å². The Labute approximate surface area is 77.0 Å². The summed E-state index contributed by atoms with van der Waals surface area (Å²) in [6.07, 6.45) is 0. The van der Waals surface area contributed by atoms with E-state index in [2.05, 4.69) is 5.32 Å². The summed E-state index contributed by atoms with van der Waals surface area (Å²) in [6.45, 7) is 2.82. The molecule has 0 radical (unpaired) electrons. The van der Waals surface area contributed by atoms with Crippen molar-refractivity contribution in [2.24, 2.45) is 0 Å². The van der Waals surface area contributed by atoms with Crippen LogP contribution in [-0.2, 0) is 0 Å². The minimum absolute atomic E-state index is 0.324. The van der Waals surface area contributed by atoms with Gasteiger partial charge in [-0.3, -0.25) is 5.32 Å². The van der Waals surface area contributed by atoms with Crippen molar-refractivity contribution in [2.45, 2.75) is 6.92 Å². The second-order valence-corrected chi connectivity index (χ2v) is 3.20. The topological polar surface area (TPSA) is 72.8 Å². The van der Waals surface area contributed by atoms with Gasteiger partial charge in [-0.25, -0.2) is 9.69 Å². The molecule has 1 heterocycles. The molecule has 6 nitrogen and oxygen atoms in total. The van der Waals surface area contributed by atoms with E-state index in [4.69, 9.17) is 10.2 Å². The molecule has 1 fully saturated rings. The van der Waals surface area contributed by atoms with E-state index in [0.29, 0.717) is 13.3 Å². The van der Waals surface area contributed by atoms with Crippen molar-refractivity contribution in [2.75, 3.05) is 33.3 Å². The Morgan fingerprint density at radius 3 is 2.62 bits per heavy atom. The molecule has 1 rings (SSSR count). The number of hydrogen-bond donors (Lipinski definition) is 3. The lowest BCUT2D eigenvalue weighted by atomic mass is 10.4. The highest BCUT2D eigenvalue weighted by molar-refractivity contribution is 5.67. The van der Waals surface area contributed by atoms with Crippen LogP contribution in [0.4, 0.5) is 4.79 Å². The molecule has 0 bridgehead atoms. The molecule has 0 spiro atoms. The van der Waals surface area contributed by atoms with Gasteiger partial charge in [0.25, 0.3) is 0 Å². The highest BCUT2D eigenvalue weighted by atomic mass is 16.3. The summed E-state index contributed by atoms with van der Waals surface area (Å²) < 4.78 is -0.339. The summed E-state index contributed by atoms with van der Waals surface area (Å²) in [5.74, 6) is 0. The lowest BCUT2D eigenvalue weighted by molar-refractivity contribution is -0.902. The van der Waals surface area contributed by atoms with Crippen LogP contribution in [0.3, 0.4) is 0 Å². The van der Waals surface area contributed by atoms with E-state index in [1.807, 2.05) is 11.8 Å². The summed E-state index contributed by atoms with van der Waals surface area (Å²) in [6, 6.07) is -0.324. The van der Waals surface area contributed by atoms with Crippen LogP contribution < -0.4 is 5.32 Å². The van der Waals surface area contributed by atoms with Crippen LogP contribution in [0.1, 0.15) is 6.92 Å². The second kappa shape index (κ2) is 4.01. The number of amides is 2. The Morgan fingerprint density at radius 2 is 2.15 bits per heavy atom. The van der Waals surface area contributed by atoms with Crippen LogP contribution in [0.25, 0.3) is 0 Å². The highest BCUT2D eigenvalue weighted by Crippen LogP contribution is 2.11. The fraction of sp³-hybridized carbons (Fsp3) is 0.857. The molecule has 0 aromatic heterocycles. The van der Waals surface area contributed by atoms with Gasteiger partial charge in [0.2, 0.25) is 0 Å². The van der Waals surface area contributed by atoms with E-state index >= 15 is 0 Å². The van der Waals surface area contributed by atoms with Crippen molar-refractivity contribution in [3.05, 3.63) is 0 Å². The van der Waals surface area contributed by atoms with Crippen LogP contribution in [0.5, 0.6) is 0 Å². The molecule has 1 saturated heterocycles. The molecular formula is C7H16N3O3+. The first-order chi connectivity index (χ1) is 6.18. The SMILES string of the molecule is CCN1CNC(=O)[N+](CO)(CO)C1. The van der Waals surface area contributed by atoms with Gasteiger partial charge in [-0.05, 0) is 0 Å². The Kier molecular flexibility index (Phi) is 3.21. The van der Waals surface area contributed by atoms with Gasteiger partial charge < -0.3 is 10.2 Å². The number of quaternary nitrogens is 1. The maximum absolute atomic E-state index is 11.4. The number of aliphatic hydroxyl groups excluding tert-OH is 2. The zero-order chi connectivity index (χ0) is 9.90. The summed E-state index contributed by atoms with van der Waals surface area (Å²) in [7, 11) is 0. The van der Waals surface area contributed by atoms with Crippen molar-refractivity contribution < 1.29 is 19.5 Å². The van der Waals surface area contributed by atoms with Crippen molar-refractivity contribution in [1.82, 2.24) is 10.2 Å². The van der Waals surface area contributed by atoms with Gasteiger partial charge in [0.1, 0.15) is 6.67 Å². The molecule has 1 aliphatic rings. The van der Waals surface area contributed by atoms with E-state index in [-0.39, 0.29) is 24.0 Å². The van der Waals surface area contributed by atoms with Gasteiger partial charge in [-0.1, -0.05) is 6.92 Å². The molecular weight excluding hydrogens is 174 g/mol. The normalized spacial score (nSPS) is 22.8. The van der Waals surface area contributed by atoms with Crippen LogP contribution in [0.15, 0.2) is 0 Å². The number of rotatable bonds is 3. The lowest BCUT2D eigenvalue weighted by Gasteiger charge is -2.39. The number of carbonyl (C=O) groups is 1. The molecule has 0 aliphatic carbocycles. The Morgan fingerprint density at radius 1 is 1.54 bits per heavy atom. The van der Waals surface area contributed by atoms with Crippen LogP contribution in [-0.4, -0.2) is 59.0 Å². The number of aliphatic hydroxyl groups is 2. The molecule has 76 valence electrons. The molecule has 6 heteroatoms. The van der Waals surface area contributed by atoms with E-state index in [9.17, 15) is 4.79 Å². The predicted octanol–water partition coefficient (Wildman–Crippen LogP) is -1.34. The van der Waals surface area contributed by atoms with E-state index in [0.717, 1.165) is 6.54 Å². The third-order valence-corrected chi connectivity index (χ3v) is 2.34. The minimum Gasteiger partial charge on any atom is -0.347 e. The van der Waals surface area contributed by atoms with E-state index in [1.54, 1.807) is 0 Å². The predicted molar refractivity (Wildman–Crippen MR) is 45.1 cm³/mol. The fourth-order valence-electron chi connectivity index (χ4n) is 1.32. The summed E-state index contributed by atoms with van der Waals surface area (Å²) >= 11 is 0. The third kappa shape index (κ3) is 1.80. The van der Waals surface area contributed by atoms with Crippen molar-refractivity contribution in [1.29, 1.82) is 0 Å². The van der Waals surface area contributed by atoms with Crippen molar-refractivity contribution in [3.63, 3.8) is 0 Å². The highest BCUT2D eigenvalue weighted by Gasteiger charge is 2.40. The molecule has 0 aromatic carbocycles. The zero-order valence-corrected chi connectivity index (χ0v) is 7.73. The van der Waals surface area contributed by atoms with Crippen LogP contribution in [0, 0.1) is 0 Å². The minimum atomic E-state index is -0.376. The first kappa shape index (κ1) is 10.4. The van der Waals surface area contributed by atoms with Crippen LogP contribution in [0.2, 0.25) is 0 Å². The molecule has 1 aliphatic heterocycles. The van der Waals surface area contributed by atoms with Gasteiger partial charge in [0, 0.05) is 6.54 Å². The maximum atomic E-state index is 11.4. The molecule has 0 aromatic rings. The number of hydrogen-bond acceptors (Lipinski definition) is 4. The first-order valence-corrected chi connectivity index (χ1v) is 4.27. The largest absolute Gasteiger partial charge is 0.422 e. The Balaban J connectivity index is 2.73. The molecule has 0 atom stereocenters. The standard InChI is InChI=1S/C7H15N3O3/c1-2-9-3-8-7(13)10(4-9,5-11)6-12/h11-12H,2-6H2,1H3/p+1. The zero-order valence-electron chi connectivity index (χ0n) is 7.73. The Bertz CT molecular complexity index is 193. The molecule has 0 saturated carbocycles. The van der Waals surface area contributed by atoms with Gasteiger partial charge in [-0.15, -0.1) is 0 Å². The number of nitrogens with one attached hydrogen (secondary N) is 1. The average molecular weight is 190 g/mol. The van der Waals surface area contributed by atoms with E-state index < -0.39 is 0 Å². The van der Waals surface area contributed by atoms with E-state index in [1.165, 1.54) is 0 Å². The molecule has 2 amide bonds. The monoisotopic (exact) mass is 190 g/mol. The third-order valence-electron chi connectivity index (χ3n) is 2.34. The number of nitrogens with zero attached hydrogens (tertiary/aromatic N) is 2. The Hall–Kier alpha value is -0.690. The summed E-state index contributed by atoms with van der Waals surface area (Å²) in [5.41, 5.74) is 0. The lowest BCUT2D eigenvalue weighted by Crippen LogP contribution is -2.68. The summed E-state index contributed by atoms with van der Waals surface area (Å²) in [5, 5.41) is 20.7. The van der Waals surface area contributed by atoms with Gasteiger partial charge in [-0.2, -0.15) is 4.48 Å². The molecule has 3 N–H and O–H groups in total. The smallest absolute Gasteiger partial charge is 0.347 e.